The van der Waals surface area contributed by atoms with Crippen LogP contribution in [0.25, 0.3) is 10.9 Å². The second kappa shape index (κ2) is 10.8. The van der Waals surface area contributed by atoms with E-state index in [-0.39, 0.29) is 29.8 Å². The lowest BCUT2D eigenvalue weighted by atomic mass is 10.1. The third-order valence-electron chi connectivity index (χ3n) is 7.72. The molecular weight excluding hydrogens is 442 g/mol. The van der Waals surface area contributed by atoms with Gasteiger partial charge in [0.2, 0.25) is 5.91 Å². The molecular formula is C27H39N5O3. The number of ether oxygens (including phenoxy) is 1. The Kier molecular flexibility index (Phi) is 7.79. The first-order valence-electron chi connectivity index (χ1n) is 13.0. The minimum atomic E-state index is -0.396. The van der Waals surface area contributed by atoms with E-state index in [1.807, 2.05) is 36.9 Å². The molecule has 2 aliphatic rings. The van der Waals surface area contributed by atoms with Gasteiger partial charge in [0.1, 0.15) is 11.9 Å². The van der Waals surface area contributed by atoms with E-state index >= 15 is 0 Å². The molecule has 2 fully saturated rings. The maximum Gasteiger partial charge on any atom is 0.323 e. The minimum Gasteiger partial charge on any atom is -0.465 e. The summed E-state index contributed by atoms with van der Waals surface area (Å²) in [4.78, 5) is 30.1. The number of nitrogen functional groups attached to an aromatic ring is 1. The molecule has 0 radical (unpaired) electrons. The number of nitrogens with two attached hydrogens (primary N) is 1. The van der Waals surface area contributed by atoms with Gasteiger partial charge in [-0.15, -0.1) is 0 Å². The Morgan fingerprint density at radius 2 is 1.94 bits per heavy atom. The fourth-order valence-corrected chi connectivity index (χ4v) is 5.91. The number of nitrogens with one attached hydrogen (secondary N) is 1. The zero-order chi connectivity index (χ0) is 25.1. The van der Waals surface area contributed by atoms with Gasteiger partial charge in [-0.05, 0) is 83.4 Å². The van der Waals surface area contributed by atoms with Crippen LogP contribution < -0.4 is 5.73 Å². The van der Waals surface area contributed by atoms with Crippen molar-refractivity contribution >= 4 is 28.6 Å². The van der Waals surface area contributed by atoms with E-state index in [1.165, 1.54) is 5.69 Å². The van der Waals surface area contributed by atoms with Crippen LogP contribution in [0.4, 0.5) is 0 Å². The molecule has 2 saturated heterocycles. The molecule has 0 saturated carbocycles. The molecule has 4 rings (SSSR count). The lowest BCUT2D eigenvalue weighted by molar-refractivity contribution is -0.151. The number of amidine groups is 1. The highest BCUT2D eigenvalue weighted by molar-refractivity contribution is 5.98. The largest absolute Gasteiger partial charge is 0.465 e. The first kappa shape index (κ1) is 25.2. The van der Waals surface area contributed by atoms with E-state index < -0.39 is 6.04 Å². The standard InChI is InChI=1S/C27H39N5O3/c1-4-30-22(16-19-10-11-20(25(28)29)17-24(19)30)13-12-21-8-6-15-32(21)26(33)23-9-7-14-31(23)18(3)27(34)35-5-2/h10-11,16-18,21,23H,4-9,12-15H2,1-3H3,(H3,28,29)/t18?,21-,23+/m0/s1. The number of hydrogen-bond acceptors (Lipinski definition) is 5. The number of carbonyl (C=O) groups excluding carboxylic acids is 2. The smallest absolute Gasteiger partial charge is 0.323 e. The molecule has 1 amide bonds. The fraction of sp³-hybridized carbons (Fsp3) is 0.593. The first-order chi connectivity index (χ1) is 16.8. The molecule has 1 aromatic heterocycles. The molecule has 0 aliphatic carbocycles. The molecule has 3 heterocycles. The van der Waals surface area contributed by atoms with Gasteiger partial charge in [-0.2, -0.15) is 0 Å². The molecule has 0 bridgehead atoms. The Hall–Kier alpha value is -2.87. The van der Waals surface area contributed by atoms with E-state index in [1.54, 1.807) is 0 Å². The molecule has 3 atom stereocenters. The number of aryl methyl sites for hydroxylation is 2. The number of benzene rings is 1. The van der Waals surface area contributed by atoms with Gasteiger partial charge in [-0.1, -0.05) is 12.1 Å². The number of fused-ring (bicyclic) bond motifs is 1. The summed E-state index contributed by atoms with van der Waals surface area (Å²) in [6.07, 6.45) is 5.58. The summed E-state index contributed by atoms with van der Waals surface area (Å²) in [7, 11) is 0. The van der Waals surface area contributed by atoms with Gasteiger partial charge in [0.15, 0.2) is 0 Å². The van der Waals surface area contributed by atoms with Crippen LogP contribution in [0.3, 0.4) is 0 Å². The Balaban J connectivity index is 1.46. The lowest BCUT2D eigenvalue weighted by Gasteiger charge is -2.33. The number of aromatic nitrogens is 1. The Bertz CT molecular complexity index is 1090. The highest BCUT2D eigenvalue weighted by Gasteiger charge is 2.41. The van der Waals surface area contributed by atoms with Crippen molar-refractivity contribution in [1.29, 1.82) is 5.41 Å². The minimum absolute atomic E-state index is 0.0793. The molecule has 190 valence electrons. The second-order valence-electron chi connectivity index (χ2n) is 9.76. The van der Waals surface area contributed by atoms with Gasteiger partial charge in [0.25, 0.3) is 0 Å². The highest BCUT2D eigenvalue weighted by atomic mass is 16.5. The predicted octanol–water partition coefficient (Wildman–Crippen LogP) is 3.28. The van der Waals surface area contributed by atoms with Crippen molar-refractivity contribution in [2.45, 2.75) is 84.0 Å². The van der Waals surface area contributed by atoms with Crippen molar-refractivity contribution in [3.63, 3.8) is 0 Å². The quantitative estimate of drug-likeness (QED) is 0.325. The van der Waals surface area contributed by atoms with Gasteiger partial charge in [0, 0.05) is 35.9 Å². The molecule has 0 spiro atoms. The SMILES string of the molecule is CCOC(=O)C(C)N1CCC[C@@H]1C(=O)N1CCC[C@H]1CCc1cc2ccc(C(=N)N)cc2n1CC. The number of carbonyl (C=O) groups is 2. The monoisotopic (exact) mass is 481 g/mol. The Morgan fingerprint density at radius 3 is 2.66 bits per heavy atom. The first-order valence-corrected chi connectivity index (χ1v) is 13.0. The van der Waals surface area contributed by atoms with Crippen molar-refractivity contribution < 1.29 is 14.3 Å². The zero-order valence-electron chi connectivity index (χ0n) is 21.3. The summed E-state index contributed by atoms with van der Waals surface area (Å²) in [6.45, 7) is 8.55. The summed E-state index contributed by atoms with van der Waals surface area (Å²) in [6, 6.07) is 7.75. The summed E-state index contributed by atoms with van der Waals surface area (Å²) < 4.78 is 7.51. The van der Waals surface area contributed by atoms with Crippen LogP contribution in [-0.4, -0.2) is 69.9 Å². The third kappa shape index (κ3) is 5.08. The maximum atomic E-state index is 13.6. The molecule has 35 heavy (non-hydrogen) atoms. The summed E-state index contributed by atoms with van der Waals surface area (Å²) in [5.41, 5.74) is 8.80. The molecule has 1 unspecified atom stereocenters. The van der Waals surface area contributed by atoms with Crippen LogP contribution in [0.5, 0.6) is 0 Å². The molecule has 2 aliphatic heterocycles. The lowest BCUT2D eigenvalue weighted by Crippen LogP contribution is -2.52. The summed E-state index contributed by atoms with van der Waals surface area (Å²) in [5.74, 6) is 0.00410. The summed E-state index contributed by atoms with van der Waals surface area (Å²) in [5, 5.41) is 8.91. The van der Waals surface area contributed by atoms with Gasteiger partial charge >= 0.3 is 5.97 Å². The van der Waals surface area contributed by atoms with Crippen molar-refractivity contribution in [3.05, 3.63) is 35.5 Å². The summed E-state index contributed by atoms with van der Waals surface area (Å²) >= 11 is 0. The van der Waals surface area contributed by atoms with Crippen LogP contribution >= 0.6 is 0 Å². The fourth-order valence-electron chi connectivity index (χ4n) is 5.91. The van der Waals surface area contributed by atoms with Crippen molar-refractivity contribution in [2.24, 2.45) is 5.73 Å². The van der Waals surface area contributed by atoms with Gasteiger partial charge < -0.3 is 19.9 Å². The number of esters is 1. The average Bonchev–Trinajstić information content (AvgIpc) is 3.59. The molecule has 8 heteroatoms. The van der Waals surface area contributed by atoms with Crippen LogP contribution in [-0.2, 0) is 27.3 Å². The van der Waals surface area contributed by atoms with Gasteiger partial charge in [-0.3, -0.25) is 19.9 Å². The van der Waals surface area contributed by atoms with E-state index in [4.69, 9.17) is 15.9 Å². The van der Waals surface area contributed by atoms with Crippen molar-refractivity contribution in [2.75, 3.05) is 19.7 Å². The Labute approximate surface area is 207 Å². The van der Waals surface area contributed by atoms with Crippen molar-refractivity contribution in [1.82, 2.24) is 14.4 Å². The third-order valence-corrected chi connectivity index (χ3v) is 7.72. The number of hydrogen-bond donors (Lipinski definition) is 2. The van der Waals surface area contributed by atoms with Crippen LogP contribution in [0.15, 0.2) is 24.3 Å². The van der Waals surface area contributed by atoms with Crippen molar-refractivity contribution in [3.8, 4) is 0 Å². The molecule has 8 nitrogen and oxygen atoms in total. The maximum absolute atomic E-state index is 13.6. The molecule has 1 aromatic carbocycles. The predicted molar refractivity (Wildman–Crippen MR) is 138 cm³/mol. The van der Waals surface area contributed by atoms with E-state index in [0.29, 0.717) is 6.61 Å². The van der Waals surface area contributed by atoms with Crippen LogP contribution in [0.2, 0.25) is 0 Å². The van der Waals surface area contributed by atoms with E-state index in [2.05, 4.69) is 22.5 Å². The zero-order valence-corrected chi connectivity index (χ0v) is 21.3. The van der Waals surface area contributed by atoms with Gasteiger partial charge in [0.05, 0.1) is 12.6 Å². The number of likely N-dealkylation sites (tertiary alicyclic amines) is 2. The van der Waals surface area contributed by atoms with E-state index in [0.717, 1.165) is 74.6 Å². The van der Waals surface area contributed by atoms with Gasteiger partial charge in [-0.25, -0.2) is 0 Å². The second-order valence-corrected chi connectivity index (χ2v) is 9.76. The number of amides is 1. The average molecular weight is 482 g/mol. The van der Waals surface area contributed by atoms with Crippen LogP contribution in [0, 0.1) is 5.41 Å². The highest BCUT2D eigenvalue weighted by Crippen LogP contribution is 2.29. The molecule has 2 aromatic rings. The topological polar surface area (TPSA) is 105 Å². The number of nitrogens with zero attached hydrogens (tertiary/aromatic N) is 3. The normalized spacial score (nSPS) is 21.5. The number of rotatable bonds is 9. The molecule has 3 N–H and O–H groups in total. The van der Waals surface area contributed by atoms with Crippen LogP contribution in [0.1, 0.15) is 64.1 Å². The Morgan fingerprint density at radius 1 is 1.17 bits per heavy atom. The van der Waals surface area contributed by atoms with E-state index in [9.17, 15) is 9.59 Å².